The van der Waals surface area contributed by atoms with Gasteiger partial charge in [-0.1, -0.05) is 18.2 Å². The number of rotatable bonds is 3. The van der Waals surface area contributed by atoms with Gasteiger partial charge < -0.3 is 24.8 Å². The Balaban J connectivity index is 1.57. The summed E-state index contributed by atoms with van der Waals surface area (Å²) in [6.07, 6.45) is 2.50. The summed E-state index contributed by atoms with van der Waals surface area (Å²) in [5.41, 5.74) is 9.09. The van der Waals surface area contributed by atoms with Crippen LogP contribution in [0.1, 0.15) is 23.6 Å². The SMILES string of the molecule is CCOC(=O)CN1C(=O)[C@@]2(C=C3c4cc5c(cc4CCN3C(N)=C2C#N)OCO5)c2ccccc21. The number of benzene rings is 2. The Kier molecular flexibility index (Phi) is 4.54. The second-order valence-electron chi connectivity index (χ2n) is 8.69. The van der Waals surface area contributed by atoms with Crippen LogP contribution in [-0.2, 0) is 26.2 Å². The molecule has 2 N–H and O–H groups in total. The fraction of sp³-hybridized carbons (Fsp3) is 0.269. The lowest BCUT2D eigenvalue weighted by molar-refractivity contribution is -0.142. The summed E-state index contributed by atoms with van der Waals surface area (Å²) >= 11 is 0. The monoisotopic (exact) mass is 470 g/mol. The van der Waals surface area contributed by atoms with Crippen molar-refractivity contribution in [2.45, 2.75) is 18.8 Å². The Labute approximate surface area is 201 Å². The van der Waals surface area contributed by atoms with Crippen LogP contribution in [-0.4, -0.2) is 43.3 Å². The van der Waals surface area contributed by atoms with Crippen LogP contribution < -0.4 is 20.1 Å². The van der Waals surface area contributed by atoms with Gasteiger partial charge in [0.2, 0.25) is 12.7 Å². The van der Waals surface area contributed by atoms with E-state index in [0.29, 0.717) is 35.7 Å². The zero-order valence-electron chi connectivity index (χ0n) is 19.0. The van der Waals surface area contributed by atoms with Crippen molar-refractivity contribution in [1.29, 1.82) is 5.26 Å². The molecule has 176 valence electrons. The first kappa shape index (κ1) is 21.1. The highest BCUT2D eigenvalue weighted by Gasteiger charge is 2.56. The van der Waals surface area contributed by atoms with E-state index in [0.717, 1.165) is 16.8 Å². The smallest absolute Gasteiger partial charge is 0.326 e. The Morgan fingerprint density at radius 2 is 2.03 bits per heavy atom. The summed E-state index contributed by atoms with van der Waals surface area (Å²) in [6, 6.07) is 13.2. The number of fused-ring (bicyclic) bond motifs is 6. The van der Waals surface area contributed by atoms with Gasteiger partial charge in [0.05, 0.1) is 12.2 Å². The minimum atomic E-state index is -1.46. The van der Waals surface area contributed by atoms with Crippen LogP contribution in [0.2, 0.25) is 0 Å². The number of anilines is 1. The van der Waals surface area contributed by atoms with Crippen molar-refractivity contribution >= 4 is 23.3 Å². The van der Waals surface area contributed by atoms with Crippen LogP contribution in [0.3, 0.4) is 0 Å². The maximum atomic E-state index is 14.1. The lowest BCUT2D eigenvalue weighted by Gasteiger charge is -2.41. The summed E-state index contributed by atoms with van der Waals surface area (Å²) in [5.74, 6) is 0.605. The number of ether oxygens (including phenoxy) is 3. The van der Waals surface area contributed by atoms with Gasteiger partial charge in [-0.05, 0) is 43.2 Å². The van der Waals surface area contributed by atoms with E-state index in [-0.39, 0.29) is 31.3 Å². The molecule has 2 aromatic carbocycles. The highest BCUT2D eigenvalue weighted by atomic mass is 16.7. The fourth-order valence-electron chi connectivity index (χ4n) is 5.45. The van der Waals surface area contributed by atoms with Crippen molar-refractivity contribution in [3.63, 3.8) is 0 Å². The number of nitrogens with zero attached hydrogens (tertiary/aromatic N) is 3. The molecule has 0 saturated carbocycles. The molecule has 1 amide bonds. The van der Waals surface area contributed by atoms with Crippen molar-refractivity contribution in [3.05, 3.63) is 70.6 Å². The van der Waals surface area contributed by atoms with E-state index in [9.17, 15) is 14.9 Å². The summed E-state index contributed by atoms with van der Waals surface area (Å²) in [6.45, 7) is 2.36. The Bertz CT molecular complexity index is 1400. The highest BCUT2D eigenvalue weighted by molar-refractivity contribution is 6.15. The molecule has 4 heterocycles. The molecule has 1 spiro atoms. The van der Waals surface area contributed by atoms with E-state index >= 15 is 0 Å². The van der Waals surface area contributed by atoms with Crippen LogP contribution in [0, 0.1) is 11.3 Å². The largest absolute Gasteiger partial charge is 0.465 e. The second kappa shape index (κ2) is 7.53. The van der Waals surface area contributed by atoms with E-state index in [1.54, 1.807) is 25.1 Å². The van der Waals surface area contributed by atoms with Gasteiger partial charge in [0, 0.05) is 29.1 Å². The molecule has 9 nitrogen and oxygen atoms in total. The van der Waals surface area contributed by atoms with Gasteiger partial charge in [-0.2, -0.15) is 5.26 Å². The standard InChI is InChI=1S/C26H22N4O5/c1-2-33-23(31)13-30-19-6-4-3-5-17(19)26(25(30)32)11-20-16-10-22-21(34-14-35-22)9-15(16)7-8-29(20)24(28)18(26)12-27/h3-6,9-11H,2,7-8,13-14,28H2,1H3/t26-/m0/s1. The third-order valence-electron chi connectivity index (χ3n) is 6.97. The van der Waals surface area contributed by atoms with Gasteiger partial charge in [-0.15, -0.1) is 0 Å². The van der Waals surface area contributed by atoms with Gasteiger partial charge in [-0.25, -0.2) is 0 Å². The first-order valence-electron chi connectivity index (χ1n) is 11.4. The van der Waals surface area contributed by atoms with Crippen LogP contribution in [0.25, 0.3) is 5.70 Å². The van der Waals surface area contributed by atoms with E-state index < -0.39 is 17.3 Å². The van der Waals surface area contributed by atoms with Crippen LogP contribution >= 0.6 is 0 Å². The third kappa shape index (κ3) is 2.80. The van der Waals surface area contributed by atoms with Gasteiger partial charge >= 0.3 is 5.97 Å². The first-order valence-corrected chi connectivity index (χ1v) is 11.4. The van der Waals surface area contributed by atoms with Crippen molar-refractivity contribution in [2.24, 2.45) is 5.73 Å². The van der Waals surface area contributed by atoms with E-state index in [1.165, 1.54) is 4.90 Å². The molecule has 0 saturated heterocycles. The molecule has 0 aliphatic carbocycles. The molecule has 0 radical (unpaired) electrons. The summed E-state index contributed by atoms with van der Waals surface area (Å²) in [5, 5.41) is 10.3. The van der Waals surface area contributed by atoms with Crippen LogP contribution in [0.15, 0.2) is 53.9 Å². The van der Waals surface area contributed by atoms with E-state index in [4.69, 9.17) is 19.9 Å². The lowest BCUT2D eigenvalue weighted by atomic mass is 9.71. The molecule has 1 atom stereocenters. The molecule has 0 unspecified atom stereocenters. The van der Waals surface area contributed by atoms with Gasteiger partial charge in [0.1, 0.15) is 23.8 Å². The molecule has 6 rings (SSSR count). The Morgan fingerprint density at radius 1 is 1.26 bits per heavy atom. The van der Waals surface area contributed by atoms with Crippen molar-refractivity contribution in [1.82, 2.24) is 4.90 Å². The average molecular weight is 470 g/mol. The van der Waals surface area contributed by atoms with Gasteiger partial charge in [-0.3, -0.25) is 14.5 Å². The average Bonchev–Trinajstić information content (AvgIpc) is 3.40. The summed E-state index contributed by atoms with van der Waals surface area (Å²) in [4.78, 5) is 29.8. The van der Waals surface area contributed by atoms with Gasteiger partial charge in [0.15, 0.2) is 11.5 Å². The highest BCUT2D eigenvalue weighted by Crippen LogP contribution is 2.53. The molecule has 0 fully saturated rings. The number of nitriles is 1. The predicted molar refractivity (Wildman–Crippen MR) is 125 cm³/mol. The summed E-state index contributed by atoms with van der Waals surface area (Å²) < 4.78 is 16.3. The molecule has 35 heavy (non-hydrogen) atoms. The molecule has 0 bridgehead atoms. The van der Waals surface area contributed by atoms with Crippen molar-refractivity contribution in [3.8, 4) is 17.6 Å². The van der Waals surface area contributed by atoms with Crippen molar-refractivity contribution in [2.75, 3.05) is 31.4 Å². The number of esters is 1. The second-order valence-corrected chi connectivity index (χ2v) is 8.69. The number of nitrogens with two attached hydrogens (primary N) is 1. The quantitative estimate of drug-likeness (QED) is 0.678. The zero-order chi connectivity index (χ0) is 24.3. The first-order chi connectivity index (χ1) is 17.0. The van der Waals surface area contributed by atoms with Crippen LogP contribution in [0.5, 0.6) is 11.5 Å². The summed E-state index contributed by atoms with van der Waals surface area (Å²) in [7, 11) is 0. The molecule has 0 aromatic heterocycles. The number of carbonyl (C=O) groups excluding carboxylic acids is 2. The lowest BCUT2D eigenvalue weighted by Crippen LogP contribution is -2.48. The fourth-order valence-corrected chi connectivity index (χ4v) is 5.45. The molecular weight excluding hydrogens is 448 g/mol. The van der Waals surface area contributed by atoms with E-state index in [2.05, 4.69) is 6.07 Å². The van der Waals surface area contributed by atoms with Crippen LogP contribution in [0.4, 0.5) is 5.69 Å². The number of carbonyl (C=O) groups is 2. The molecular formula is C26H22N4O5. The number of para-hydroxylation sites is 1. The molecule has 4 aliphatic heterocycles. The minimum Gasteiger partial charge on any atom is -0.465 e. The van der Waals surface area contributed by atoms with Crippen molar-refractivity contribution < 1.29 is 23.8 Å². The number of amides is 1. The molecule has 4 aliphatic rings. The predicted octanol–water partition coefficient (Wildman–Crippen LogP) is 2.17. The minimum absolute atomic E-state index is 0.147. The number of hydrogen-bond donors (Lipinski definition) is 1. The Morgan fingerprint density at radius 3 is 2.80 bits per heavy atom. The van der Waals surface area contributed by atoms with E-state index in [1.807, 2.05) is 29.2 Å². The Hall–Kier alpha value is -4.45. The topological polar surface area (TPSA) is 118 Å². The maximum absolute atomic E-state index is 14.1. The number of hydrogen-bond acceptors (Lipinski definition) is 8. The molecule has 2 aromatic rings. The normalized spacial score (nSPS) is 21.4. The van der Waals surface area contributed by atoms with Gasteiger partial charge in [0.25, 0.3) is 0 Å². The molecule has 9 heteroatoms. The zero-order valence-corrected chi connectivity index (χ0v) is 19.0. The third-order valence-corrected chi connectivity index (χ3v) is 6.97. The maximum Gasteiger partial charge on any atom is 0.326 e.